The normalized spacial score (nSPS) is 29.1. The number of carboxylic acids is 1. The summed E-state index contributed by atoms with van der Waals surface area (Å²) in [5.74, 6) is -0.109. The molecule has 0 bridgehead atoms. The van der Waals surface area contributed by atoms with Gasteiger partial charge in [0.15, 0.2) is 0 Å². The fourth-order valence-electron chi connectivity index (χ4n) is 3.07. The van der Waals surface area contributed by atoms with Crippen molar-refractivity contribution in [1.82, 2.24) is 9.80 Å². The molecule has 2 aliphatic heterocycles. The van der Waals surface area contributed by atoms with E-state index < -0.39 is 12.0 Å². The highest BCUT2D eigenvalue weighted by Gasteiger charge is 2.43. The number of aliphatic hydroxyl groups excluding tert-OH is 1. The van der Waals surface area contributed by atoms with Crippen LogP contribution in [0.1, 0.15) is 32.6 Å². The Morgan fingerprint density at radius 1 is 1.33 bits per heavy atom. The fraction of sp³-hybridized carbons (Fsp3) is 0.857. The van der Waals surface area contributed by atoms with E-state index in [0.29, 0.717) is 31.2 Å². The first-order valence-corrected chi connectivity index (χ1v) is 8.65. The van der Waals surface area contributed by atoms with Crippen molar-refractivity contribution in [2.45, 2.75) is 44.0 Å². The first kappa shape index (κ1) is 16.4. The molecule has 2 rings (SSSR count). The molecule has 3 atom stereocenters. The van der Waals surface area contributed by atoms with E-state index in [-0.39, 0.29) is 18.0 Å². The Hall–Kier alpha value is -0.950. The number of rotatable bonds is 5. The molecule has 0 spiro atoms. The molecule has 2 N–H and O–H groups in total. The van der Waals surface area contributed by atoms with E-state index in [4.69, 9.17) is 5.11 Å². The van der Waals surface area contributed by atoms with Crippen LogP contribution in [0.2, 0.25) is 0 Å². The van der Waals surface area contributed by atoms with Gasteiger partial charge in [0, 0.05) is 25.4 Å². The lowest BCUT2D eigenvalue weighted by Gasteiger charge is -2.31. The highest BCUT2D eigenvalue weighted by atomic mass is 32.2. The molecule has 2 heterocycles. The molecule has 0 radical (unpaired) electrons. The molecule has 120 valence electrons. The molecule has 7 heteroatoms. The third kappa shape index (κ3) is 3.63. The number of carboxylic acid groups (broad SMARTS) is 1. The average molecular weight is 316 g/mol. The molecule has 2 aliphatic rings. The first-order chi connectivity index (χ1) is 10.1. The summed E-state index contributed by atoms with van der Waals surface area (Å²) in [6, 6.07) is -0.859. The number of amides is 2. The number of carbonyl (C=O) groups is 2. The summed E-state index contributed by atoms with van der Waals surface area (Å²) in [6.45, 7) is 3.48. The van der Waals surface area contributed by atoms with E-state index >= 15 is 0 Å². The maximum Gasteiger partial charge on any atom is 0.327 e. The Labute approximate surface area is 129 Å². The molecule has 2 amide bonds. The maximum atomic E-state index is 12.7. The summed E-state index contributed by atoms with van der Waals surface area (Å²) in [4.78, 5) is 27.4. The monoisotopic (exact) mass is 316 g/mol. The minimum atomic E-state index is -0.916. The number of hydrogen-bond acceptors (Lipinski definition) is 4. The molecule has 2 fully saturated rings. The third-order valence-corrected chi connectivity index (χ3v) is 5.58. The second-order valence-electron chi connectivity index (χ2n) is 5.73. The van der Waals surface area contributed by atoms with Crippen molar-refractivity contribution >= 4 is 23.8 Å². The Kier molecular flexibility index (Phi) is 5.75. The topological polar surface area (TPSA) is 81.1 Å². The van der Waals surface area contributed by atoms with Crippen molar-refractivity contribution in [2.24, 2.45) is 5.92 Å². The minimum absolute atomic E-state index is 0.0273. The average Bonchev–Trinajstić information content (AvgIpc) is 3.06. The van der Waals surface area contributed by atoms with Crippen LogP contribution in [0.15, 0.2) is 0 Å². The largest absolute Gasteiger partial charge is 0.480 e. The number of thioether (sulfide) groups is 1. The van der Waals surface area contributed by atoms with Gasteiger partial charge in [-0.25, -0.2) is 9.59 Å². The van der Waals surface area contributed by atoms with Gasteiger partial charge in [0.25, 0.3) is 0 Å². The minimum Gasteiger partial charge on any atom is -0.480 e. The highest BCUT2D eigenvalue weighted by molar-refractivity contribution is 8.00. The van der Waals surface area contributed by atoms with Crippen LogP contribution in [0.4, 0.5) is 4.79 Å². The number of hydrogen-bond donors (Lipinski definition) is 2. The number of urea groups is 1. The molecule has 0 saturated carbocycles. The van der Waals surface area contributed by atoms with Crippen LogP contribution in [-0.2, 0) is 4.79 Å². The number of likely N-dealkylation sites (tertiary alicyclic amines) is 1. The zero-order valence-electron chi connectivity index (χ0n) is 12.4. The lowest BCUT2D eigenvalue weighted by atomic mass is 10.1. The summed E-state index contributed by atoms with van der Waals surface area (Å²) >= 11 is 1.57. The van der Waals surface area contributed by atoms with Gasteiger partial charge >= 0.3 is 12.0 Å². The standard InChI is InChI=1S/C14H24N2O4S/c1-2-3-12-16(11(9-21-12)13(18)19)14(20)15-6-4-10(8-15)5-7-17/h10-12,17H,2-9H2,1H3,(H,18,19). The Balaban J connectivity index is 2.05. The van der Waals surface area contributed by atoms with E-state index in [0.717, 1.165) is 19.3 Å². The van der Waals surface area contributed by atoms with E-state index in [1.807, 2.05) is 6.92 Å². The van der Waals surface area contributed by atoms with E-state index in [1.165, 1.54) is 0 Å². The molecular weight excluding hydrogens is 292 g/mol. The molecule has 21 heavy (non-hydrogen) atoms. The predicted octanol–water partition coefficient (Wildman–Crippen LogP) is 1.44. The molecule has 0 aromatic rings. The highest BCUT2D eigenvalue weighted by Crippen LogP contribution is 2.34. The summed E-state index contributed by atoms with van der Waals surface area (Å²) in [7, 11) is 0. The van der Waals surface area contributed by atoms with Crippen LogP contribution >= 0.6 is 11.8 Å². The first-order valence-electron chi connectivity index (χ1n) is 7.61. The van der Waals surface area contributed by atoms with Crippen LogP contribution in [0, 0.1) is 5.92 Å². The van der Waals surface area contributed by atoms with Crippen LogP contribution < -0.4 is 0 Å². The van der Waals surface area contributed by atoms with Crippen molar-refractivity contribution < 1.29 is 19.8 Å². The predicted molar refractivity (Wildman–Crippen MR) is 81.2 cm³/mol. The van der Waals surface area contributed by atoms with Crippen LogP contribution in [0.25, 0.3) is 0 Å². The molecule has 0 aromatic heterocycles. The number of nitrogens with zero attached hydrogens (tertiary/aromatic N) is 2. The van der Waals surface area contributed by atoms with Crippen molar-refractivity contribution in [3.63, 3.8) is 0 Å². The van der Waals surface area contributed by atoms with Crippen LogP contribution in [-0.4, -0.2) is 68.9 Å². The van der Waals surface area contributed by atoms with Gasteiger partial charge in [-0.1, -0.05) is 13.3 Å². The lowest BCUT2D eigenvalue weighted by Crippen LogP contribution is -2.51. The zero-order valence-corrected chi connectivity index (χ0v) is 13.2. The van der Waals surface area contributed by atoms with Crippen molar-refractivity contribution in [1.29, 1.82) is 0 Å². The quantitative estimate of drug-likeness (QED) is 0.802. The summed E-state index contributed by atoms with van der Waals surface area (Å²) in [6.07, 6.45) is 3.36. The van der Waals surface area contributed by atoms with E-state index in [1.54, 1.807) is 21.6 Å². The molecule has 0 aromatic carbocycles. The Morgan fingerprint density at radius 3 is 2.71 bits per heavy atom. The van der Waals surface area contributed by atoms with Gasteiger partial charge in [-0.05, 0) is 25.2 Å². The lowest BCUT2D eigenvalue weighted by molar-refractivity contribution is -0.141. The van der Waals surface area contributed by atoms with E-state index in [9.17, 15) is 14.7 Å². The second-order valence-corrected chi connectivity index (χ2v) is 6.94. The third-order valence-electron chi connectivity index (χ3n) is 4.23. The molecule has 2 saturated heterocycles. The number of carbonyl (C=O) groups excluding carboxylic acids is 1. The summed E-state index contributed by atoms with van der Waals surface area (Å²) < 4.78 is 0. The van der Waals surface area contributed by atoms with Crippen molar-refractivity contribution in [3.05, 3.63) is 0 Å². The molecular formula is C14H24N2O4S. The van der Waals surface area contributed by atoms with E-state index in [2.05, 4.69) is 0 Å². The number of aliphatic carboxylic acids is 1. The summed E-state index contributed by atoms with van der Waals surface area (Å²) in [5, 5.41) is 18.3. The van der Waals surface area contributed by atoms with Crippen molar-refractivity contribution in [2.75, 3.05) is 25.4 Å². The Bertz CT molecular complexity index is 393. The van der Waals surface area contributed by atoms with Crippen molar-refractivity contribution in [3.8, 4) is 0 Å². The van der Waals surface area contributed by atoms with Gasteiger partial charge < -0.3 is 15.1 Å². The molecule has 3 unspecified atom stereocenters. The smallest absolute Gasteiger partial charge is 0.327 e. The second kappa shape index (κ2) is 7.35. The van der Waals surface area contributed by atoms with Gasteiger partial charge in [0.2, 0.25) is 0 Å². The molecule has 6 nitrogen and oxygen atoms in total. The van der Waals surface area contributed by atoms with Gasteiger partial charge in [0.05, 0.1) is 5.37 Å². The van der Waals surface area contributed by atoms with Gasteiger partial charge in [-0.15, -0.1) is 11.8 Å². The van der Waals surface area contributed by atoms with Crippen LogP contribution in [0.3, 0.4) is 0 Å². The fourth-order valence-corrected chi connectivity index (χ4v) is 4.58. The SMILES string of the molecule is CCCC1SCC(C(=O)O)N1C(=O)N1CCC(CCO)C1. The maximum absolute atomic E-state index is 12.7. The Morgan fingerprint density at radius 2 is 2.10 bits per heavy atom. The van der Waals surface area contributed by atoms with Gasteiger partial charge in [0.1, 0.15) is 6.04 Å². The van der Waals surface area contributed by atoms with Gasteiger partial charge in [-0.3, -0.25) is 4.90 Å². The molecule has 0 aliphatic carbocycles. The van der Waals surface area contributed by atoms with Gasteiger partial charge in [-0.2, -0.15) is 0 Å². The number of aliphatic hydroxyl groups is 1. The summed E-state index contributed by atoms with van der Waals surface area (Å²) in [5.41, 5.74) is 0. The zero-order chi connectivity index (χ0) is 15.4. The van der Waals surface area contributed by atoms with Crippen LogP contribution in [0.5, 0.6) is 0 Å².